The molecule has 2 aromatic rings. The summed E-state index contributed by atoms with van der Waals surface area (Å²) in [5.41, 5.74) is 2.80. The van der Waals surface area contributed by atoms with Crippen molar-refractivity contribution < 1.29 is 9.90 Å². The van der Waals surface area contributed by atoms with Gasteiger partial charge in [0.15, 0.2) is 0 Å². The van der Waals surface area contributed by atoms with Gasteiger partial charge in [-0.25, -0.2) is 4.79 Å². The molecule has 2 nitrogen and oxygen atoms in total. The van der Waals surface area contributed by atoms with Crippen LogP contribution in [0.2, 0.25) is 0 Å². The lowest BCUT2D eigenvalue weighted by molar-refractivity contribution is 0.0696. The van der Waals surface area contributed by atoms with Gasteiger partial charge in [-0.05, 0) is 23.6 Å². The van der Waals surface area contributed by atoms with Gasteiger partial charge in [0.25, 0.3) is 0 Å². The highest BCUT2D eigenvalue weighted by Gasteiger charge is 2.13. The molecular weight excluding hydrogens is 268 g/mol. The van der Waals surface area contributed by atoms with Crippen molar-refractivity contribution in [2.75, 3.05) is 0 Å². The van der Waals surface area contributed by atoms with Crippen molar-refractivity contribution in [3.8, 4) is 0 Å². The Balaban J connectivity index is 2.36. The van der Waals surface area contributed by atoms with Crippen LogP contribution in [-0.2, 0) is 6.42 Å². The zero-order valence-electron chi connectivity index (χ0n) is 10.9. The first kappa shape index (κ1) is 14.2. The lowest BCUT2D eigenvalue weighted by Crippen LogP contribution is -2.08. The molecule has 20 heavy (non-hydrogen) atoms. The second-order valence-electron chi connectivity index (χ2n) is 4.37. The summed E-state index contributed by atoms with van der Waals surface area (Å²) in [6.07, 6.45) is 2.64. The lowest BCUT2D eigenvalue weighted by Gasteiger charge is -2.08. The van der Waals surface area contributed by atoms with Crippen LogP contribution in [0.1, 0.15) is 27.0 Å². The minimum absolute atomic E-state index is 0.229. The van der Waals surface area contributed by atoms with Gasteiger partial charge in [0.2, 0.25) is 0 Å². The maximum Gasteiger partial charge on any atom is 0.336 e. The average Bonchev–Trinajstić information content (AvgIpc) is 2.47. The molecule has 2 rings (SSSR count). The monoisotopic (exact) mass is 282 g/mol. The zero-order chi connectivity index (χ0) is 14.5. The summed E-state index contributed by atoms with van der Waals surface area (Å²) in [5.74, 6) is -0.966. The molecule has 0 bridgehead atoms. The van der Waals surface area contributed by atoms with Gasteiger partial charge in [-0.1, -0.05) is 60.8 Å². The molecule has 0 aliphatic rings. The summed E-state index contributed by atoms with van der Waals surface area (Å²) < 4.78 is 0. The third kappa shape index (κ3) is 3.00. The highest BCUT2D eigenvalue weighted by atomic mass is 32.1. The molecule has 0 atom stereocenters. The molecule has 1 N–H and O–H groups in total. The minimum atomic E-state index is -0.966. The first-order valence-electron chi connectivity index (χ1n) is 6.20. The SMILES string of the molecule is C=CCc1ccc(C(=S)c2ccccc2C(=O)O)cc1. The molecule has 0 heterocycles. The van der Waals surface area contributed by atoms with Gasteiger partial charge in [-0.15, -0.1) is 6.58 Å². The number of carbonyl (C=O) groups is 1. The van der Waals surface area contributed by atoms with E-state index in [2.05, 4.69) is 6.58 Å². The number of thiocarbonyl (C=S) groups is 1. The molecule has 0 fully saturated rings. The standard InChI is InChI=1S/C17H14O2S/c1-2-5-12-8-10-13(11-9-12)16(20)14-6-3-4-7-15(14)17(18)19/h2-4,6-11H,1,5H2,(H,18,19). The molecule has 0 amide bonds. The van der Waals surface area contributed by atoms with Crippen molar-refractivity contribution in [1.29, 1.82) is 0 Å². The summed E-state index contributed by atoms with van der Waals surface area (Å²) in [7, 11) is 0. The van der Waals surface area contributed by atoms with E-state index in [0.717, 1.165) is 17.5 Å². The maximum atomic E-state index is 11.2. The van der Waals surface area contributed by atoms with Crippen molar-refractivity contribution in [2.45, 2.75) is 6.42 Å². The topological polar surface area (TPSA) is 37.3 Å². The molecule has 3 heteroatoms. The number of allylic oxidation sites excluding steroid dienone is 1. The molecule has 0 radical (unpaired) electrons. The highest BCUT2D eigenvalue weighted by molar-refractivity contribution is 7.81. The predicted molar refractivity (Wildman–Crippen MR) is 84.5 cm³/mol. The van der Waals surface area contributed by atoms with Crippen LogP contribution in [0.15, 0.2) is 61.2 Å². The van der Waals surface area contributed by atoms with Crippen LogP contribution < -0.4 is 0 Å². The molecule has 0 spiro atoms. The van der Waals surface area contributed by atoms with Gasteiger partial charge in [0.1, 0.15) is 0 Å². The molecule has 0 aliphatic heterocycles. The molecule has 0 aliphatic carbocycles. The molecule has 2 aromatic carbocycles. The van der Waals surface area contributed by atoms with Gasteiger partial charge < -0.3 is 5.11 Å². The Kier molecular flexibility index (Phi) is 4.43. The largest absolute Gasteiger partial charge is 0.478 e. The molecule has 0 unspecified atom stereocenters. The van der Waals surface area contributed by atoms with Gasteiger partial charge in [-0.3, -0.25) is 0 Å². The van der Waals surface area contributed by atoms with Crippen LogP contribution in [0.4, 0.5) is 0 Å². The molecule has 100 valence electrons. The summed E-state index contributed by atoms with van der Waals surface area (Å²) in [6.45, 7) is 3.70. The highest BCUT2D eigenvalue weighted by Crippen LogP contribution is 2.17. The van der Waals surface area contributed by atoms with Crippen LogP contribution in [-0.4, -0.2) is 15.9 Å². The van der Waals surface area contributed by atoms with Crippen LogP contribution >= 0.6 is 12.2 Å². The second kappa shape index (κ2) is 6.26. The normalized spacial score (nSPS) is 10.0. The predicted octanol–water partition coefficient (Wildman–Crippen LogP) is 3.88. The van der Waals surface area contributed by atoms with Gasteiger partial charge in [-0.2, -0.15) is 0 Å². The summed E-state index contributed by atoms with van der Waals surface area (Å²) in [6, 6.07) is 14.6. The van der Waals surface area contributed by atoms with E-state index in [1.807, 2.05) is 30.3 Å². The summed E-state index contributed by atoms with van der Waals surface area (Å²) in [4.78, 5) is 11.8. The number of aromatic carboxylic acids is 1. The van der Waals surface area contributed by atoms with Crippen molar-refractivity contribution >= 4 is 23.1 Å². The number of benzene rings is 2. The fourth-order valence-electron chi connectivity index (χ4n) is 1.98. The fraction of sp³-hybridized carbons (Fsp3) is 0.0588. The number of hydrogen-bond donors (Lipinski definition) is 1. The quantitative estimate of drug-likeness (QED) is 0.514. The van der Waals surface area contributed by atoms with Crippen molar-refractivity contribution in [3.63, 3.8) is 0 Å². The Bertz CT molecular complexity index is 657. The van der Waals surface area contributed by atoms with E-state index < -0.39 is 5.97 Å². The lowest BCUT2D eigenvalue weighted by atomic mass is 9.98. The first-order chi connectivity index (χ1) is 9.63. The van der Waals surface area contributed by atoms with E-state index in [4.69, 9.17) is 12.2 Å². The van der Waals surface area contributed by atoms with E-state index in [0.29, 0.717) is 10.4 Å². The Labute approximate surface area is 123 Å². The third-order valence-electron chi connectivity index (χ3n) is 3.00. The fourth-order valence-corrected chi connectivity index (χ4v) is 2.30. The zero-order valence-corrected chi connectivity index (χ0v) is 11.7. The number of carboxylic acid groups (broad SMARTS) is 1. The maximum absolute atomic E-state index is 11.2. The minimum Gasteiger partial charge on any atom is -0.478 e. The van der Waals surface area contributed by atoms with Gasteiger partial charge in [0, 0.05) is 5.56 Å². The van der Waals surface area contributed by atoms with E-state index in [1.165, 1.54) is 0 Å². The summed E-state index contributed by atoms with van der Waals surface area (Å²) in [5, 5.41) is 9.20. The van der Waals surface area contributed by atoms with E-state index in [-0.39, 0.29) is 5.56 Å². The summed E-state index contributed by atoms with van der Waals surface area (Å²) >= 11 is 5.42. The van der Waals surface area contributed by atoms with E-state index in [9.17, 15) is 9.90 Å². The Morgan fingerprint density at radius 2 is 1.70 bits per heavy atom. The molecule has 0 saturated carbocycles. The van der Waals surface area contributed by atoms with Gasteiger partial charge >= 0.3 is 5.97 Å². The third-order valence-corrected chi connectivity index (χ3v) is 3.45. The van der Waals surface area contributed by atoms with Gasteiger partial charge in [0.05, 0.1) is 10.4 Å². The number of carboxylic acids is 1. The van der Waals surface area contributed by atoms with Crippen molar-refractivity contribution in [3.05, 3.63) is 83.4 Å². The van der Waals surface area contributed by atoms with Crippen LogP contribution in [0.5, 0.6) is 0 Å². The van der Waals surface area contributed by atoms with Crippen molar-refractivity contribution in [1.82, 2.24) is 0 Å². The Morgan fingerprint density at radius 1 is 1.10 bits per heavy atom. The molecule has 0 aromatic heterocycles. The number of rotatable bonds is 5. The smallest absolute Gasteiger partial charge is 0.336 e. The average molecular weight is 282 g/mol. The van der Waals surface area contributed by atoms with Crippen LogP contribution in [0.3, 0.4) is 0 Å². The molecular formula is C17H14O2S. The van der Waals surface area contributed by atoms with E-state index in [1.54, 1.807) is 24.3 Å². The van der Waals surface area contributed by atoms with Crippen LogP contribution in [0.25, 0.3) is 0 Å². The molecule has 0 saturated heterocycles. The first-order valence-corrected chi connectivity index (χ1v) is 6.61. The van der Waals surface area contributed by atoms with Crippen molar-refractivity contribution in [2.24, 2.45) is 0 Å². The van der Waals surface area contributed by atoms with E-state index >= 15 is 0 Å². The van der Waals surface area contributed by atoms with Crippen LogP contribution in [0, 0.1) is 0 Å². The number of hydrogen-bond acceptors (Lipinski definition) is 2. The second-order valence-corrected chi connectivity index (χ2v) is 4.78. The Hall–Kier alpha value is -2.26. The Morgan fingerprint density at radius 3 is 2.25 bits per heavy atom.